The molecule has 204 valence electrons. The third-order valence-corrected chi connectivity index (χ3v) is 7.60. The lowest BCUT2D eigenvalue weighted by Crippen LogP contribution is -2.40. The fourth-order valence-electron chi connectivity index (χ4n) is 5.61. The van der Waals surface area contributed by atoms with Crippen molar-refractivity contribution in [3.63, 3.8) is 0 Å². The monoisotopic (exact) mass is 537 g/mol. The molecule has 9 nitrogen and oxygen atoms in total. The zero-order valence-electron chi connectivity index (χ0n) is 22.5. The van der Waals surface area contributed by atoms with Crippen LogP contribution in [0.3, 0.4) is 0 Å². The van der Waals surface area contributed by atoms with Crippen LogP contribution >= 0.6 is 0 Å². The van der Waals surface area contributed by atoms with Gasteiger partial charge in [-0.15, -0.1) is 0 Å². The van der Waals surface area contributed by atoms with Crippen molar-refractivity contribution in [2.24, 2.45) is 5.73 Å². The van der Waals surface area contributed by atoms with Crippen molar-refractivity contribution in [3.05, 3.63) is 107 Å². The first-order valence-electron chi connectivity index (χ1n) is 13.1. The van der Waals surface area contributed by atoms with Crippen LogP contribution in [0.2, 0.25) is 0 Å². The molecular weight excluding hydrogens is 506 g/mol. The largest absolute Gasteiger partial charge is 0.466 e. The number of aromatic nitrogens is 1. The first-order valence-corrected chi connectivity index (χ1v) is 13.1. The van der Waals surface area contributed by atoms with Crippen molar-refractivity contribution < 1.29 is 19.1 Å². The minimum Gasteiger partial charge on any atom is -0.466 e. The molecule has 0 aliphatic carbocycles. The molecule has 0 amide bonds. The van der Waals surface area contributed by atoms with Crippen molar-refractivity contribution in [1.29, 1.82) is 5.26 Å². The van der Waals surface area contributed by atoms with Gasteiger partial charge in [0.15, 0.2) is 0 Å². The minimum atomic E-state index is -0.898. The Kier molecular flexibility index (Phi) is 7.60. The van der Waals surface area contributed by atoms with Gasteiger partial charge in [-0.1, -0.05) is 30.3 Å². The number of nitrogens with zero attached hydrogens (tertiary/aromatic N) is 4. The molecule has 40 heavy (non-hydrogen) atoms. The van der Waals surface area contributed by atoms with Crippen LogP contribution in [0.5, 0.6) is 0 Å². The fraction of sp³-hybridized carbons (Fsp3) is 0.258. The quantitative estimate of drug-likeness (QED) is 0.465. The molecule has 2 aliphatic rings. The topological polar surface area (TPSA) is 114 Å². The van der Waals surface area contributed by atoms with Gasteiger partial charge in [-0.2, -0.15) is 5.26 Å². The highest BCUT2D eigenvalue weighted by Gasteiger charge is 2.43. The molecule has 5 rings (SSSR count). The van der Waals surface area contributed by atoms with E-state index in [0.717, 1.165) is 31.6 Å². The number of esters is 2. The molecule has 2 N–H and O–H groups in total. The van der Waals surface area contributed by atoms with Gasteiger partial charge in [0.1, 0.15) is 11.5 Å². The van der Waals surface area contributed by atoms with E-state index < -0.39 is 17.9 Å². The number of nitrogens with two attached hydrogens (primary N) is 1. The lowest BCUT2D eigenvalue weighted by molar-refractivity contribution is -0.139. The molecule has 2 aromatic carbocycles. The normalized spacial score (nSPS) is 18.0. The van der Waals surface area contributed by atoms with Gasteiger partial charge in [0.25, 0.3) is 0 Å². The summed E-state index contributed by atoms with van der Waals surface area (Å²) in [6.45, 7) is 1.82. The van der Waals surface area contributed by atoms with Gasteiger partial charge in [0.2, 0.25) is 0 Å². The second-order valence-corrected chi connectivity index (χ2v) is 9.70. The highest BCUT2D eigenvalue weighted by Crippen LogP contribution is 2.43. The summed E-state index contributed by atoms with van der Waals surface area (Å²) in [6.07, 6.45) is 6.28. The average molecular weight is 538 g/mol. The first-order chi connectivity index (χ1) is 19.5. The summed E-state index contributed by atoms with van der Waals surface area (Å²) in [5.74, 6) is -2.37. The number of allylic oxidation sites excluding steroid dienone is 1. The molecule has 1 unspecified atom stereocenters. The predicted molar refractivity (Wildman–Crippen MR) is 151 cm³/mol. The lowest BCUT2D eigenvalue weighted by Gasteiger charge is -2.36. The Morgan fingerprint density at radius 2 is 1.48 bits per heavy atom. The summed E-state index contributed by atoms with van der Waals surface area (Å²) >= 11 is 0. The number of piperidine rings is 1. The number of ether oxygens (including phenoxy) is 2. The van der Waals surface area contributed by atoms with Crippen molar-refractivity contribution in [2.45, 2.75) is 24.8 Å². The van der Waals surface area contributed by atoms with E-state index in [2.05, 4.69) is 27.9 Å². The van der Waals surface area contributed by atoms with Crippen LogP contribution in [0.25, 0.3) is 0 Å². The van der Waals surface area contributed by atoms with Crippen molar-refractivity contribution in [2.75, 3.05) is 37.1 Å². The Morgan fingerprint density at radius 3 is 2.05 bits per heavy atom. The summed E-state index contributed by atoms with van der Waals surface area (Å²) in [5.41, 5.74) is 8.82. The molecule has 1 fully saturated rings. The maximum atomic E-state index is 13.2. The van der Waals surface area contributed by atoms with Crippen LogP contribution < -0.4 is 15.5 Å². The number of benzene rings is 2. The molecule has 0 saturated carbocycles. The van der Waals surface area contributed by atoms with Crippen LogP contribution in [0.1, 0.15) is 30.4 Å². The zero-order valence-corrected chi connectivity index (χ0v) is 22.5. The van der Waals surface area contributed by atoms with E-state index in [1.54, 1.807) is 24.3 Å². The highest BCUT2D eigenvalue weighted by molar-refractivity contribution is 6.06. The molecule has 0 radical (unpaired) electrons. The van der Waals surface area contributed by atoms with Crippen LogP contribution in [-0.2, 0) is 19.1 Å². The molecule has 2 aliphatic heterocycles. The standard InChI is InChI=1S/C31H31N5O4/c1-39-30(37)27-26(21-8-4-3-5-9-21)25(20-32)29(33)36(28(27)31(38)40-2)24-12-10-22(11-13-24)35-18-14-23(15-19-35)34-16-6-7-17-34/h3-13,16-17,23,26H,14-15,18-19,33H2,1-2H3. The molecule has 1 aromatic heterocycles. The van der Waals surface area contributed by atoms with E-state index in [1.807, 2.05) is 42.5 Å². The lowest BCUT2D eigenvalue weighted by atomic mass is 9.81. The number of hydrogen-bond donors (Lipinski definition) is 1. The van der Waals surface area contributed by atoms with Crippen LogP contribution in [0.4, 0.5) is 11.4 Å². The molecule has 0 bridgehead atoms. The van der Waals surface area contributed by atoms with Gasteiger partial charge >= 0.3 is 11.9 Å². The highest BCUT2D eigenvalue weighted by atomic mass is 16.5. The number of carbonyl (C=O) groups excluding carboxylic acids is 2. The van der Waals surface area contributed by atoms with Gasteiger partial charge in [-0.05, 0) is 54.8 Å². The van der Waals surface area contributed by atoms with Crippen molar-refractivity contribution in [3.8, 4) is 6.07 Å². The maximum Gasteiger partial charge on any atom is 0.355 e. The number of methoxy groups -OCH3 is 2. The summed E-state index contributed by atoms with van der Waals surface area (Å²) in [4.78, 5) is 30.2. The SMILES string of the molecule is COC(=O)C1=C(C(=O)OC)N(c2ccc(N3CCC(n4cccc4)CC3)cc2)C(N)=C(C#N)C1c1ccccc1. The molecule has 9 heteroatoms. The number of carbonyl (C=O) groups is 2. The maximum absolute atomic E-state index is 13.2. The van der Waals surface area contributed by atoms with Crippen LogP contribution in [-0.4, -0.2) is 43.8 Å². The second kappa shape index (κ2) is 11.4. The van der Waals surface area contributed by atoms with Crippen molar-refractivity contribution in [1.82, 2.24) is 4.57 Å². The first kappa shape index (κ1) is 26.6. The third-order valence-electron chi connectivity index (χ3n) is 7.60. The Balaban J connectivity index is 1.53. The number of nitriles is 1. The molecule has 1 atom stereocenters. The van der Waals surface area contributed by atoms with Gasteiger partial charge in [-0.3, -0.25) is 4.90 Å². The van der Waals surface area contributed by atoms with Gasteiger partial charge < -0.3 is 24.7 Å². The Bertz CT molecular complexity index is 1480. The van der Waals surface area contributed by atoms with Crippen LogP contribution in [0, 0.1) is 11.3 Å². The number of hydrogen-bond acceptors (Lipinski definition) is 8. The van der Waals surface area contributed by atoms with E-state index in [-0.39, 0.29) is 22.7 Å². The average Bonchev–Trinajstić information content (AvgIpc) is 3.55. The molecule has 3 aromatic rings. The summed E-state index contributed by atoms with van der Waals surface area (Å²) < 4.78 is 12.5. The van der Waals surface area contributed by atoms with Crippen molar-refractivity contribution >= 4 is 23.3 Å². The van der Waals surface area contributed by atoms with Gasteiger partial charge in [0.05, 0.1) is 37.4 Å². The Morgan fingerprint density at radius 1 is 0.875 bits per heavy atom. The minimum absolute atomic E-state index is 0.0116. The third kappa shape index (κ3) is 4.80. The Hall–Kier alpha value is -4.97. The number of anilines is 2. The summed E-state index contributed by atoms with van der Waals surface area (Å²) in [7, 11) is 2.47. The molecule has 1 saturated heterocycles. The molecule has 3 heterocycles. The molecular formula is C31H31N5O4. The predicted octanol–water partition coefficient (Wildman–Crippen LogP) is 4.23. The summed E-state index contributed by atoms with van der Waals surface area (Å²) in [6, 6.07) is 23.3. The smallest absolute Gasteiger partial charge is 0.355 e. The summed E-state index contributed by atoms with van der Waals surface area (Å²) in [5, 5.41) is 10.2. The van der Waals surface area contributed by atoms with E-state index in [9.17, 15) is 14.9 Å². The van der Waals surface area contributed by atoms with E-state index in [4.69, 9.17) is 15.2 Å². The Labute approximate surface area is 233 Å². The van der Waals surface area contributed by atoms with E-state index in [0.29, 0.717) is 17.3 Å². The number of rotatable bonds is 6. The zero-order chi connectivity index (χ0) is 28.2. The van der Waals surface area contributed by atoms with Crippen LogP contribution in [0.15, 0.2) is 102 Å². The fourth-order valence-corrected chi connectivity index (χ4v) is 5.61. The van der Waals surface area contributed by atoms with E-state index in [1.165, 1.54) is 19.1 Å². The molecule has 0 spiro atoms. The van der Waals surface area contributed by atoms with Gasteiger partial charge in [0, 0.05) is 42.9 Å². The second-order valence-electron chi connectivity index (χ2n) is 9.70. The van der Waals surface area contributed by atoms with E-state index >= 15 is 0 Å². The van der Waals surface area contributed by atoms with Gasteiger partial charge in [-0.25, -0.2) is 9.59 Å².